The van der Waals surface area contributed by atoms with Crippen molar-refractivity contribution in [3.05, 3.63) is 24.0 Å². The van der Waals surface area contributed by atoms with Crippen LogP contribution in [-0.2, 0) is 0 Å². The topological polar surface area (TPSA) is 38.0 Å². The zero-order valence-corrected chi connectivity index (χ0v) is 9.11. The second-order valence-electron chi connectivity index (χ2n) is 2.92. The maximum Gasteiger partial charge on any atom is 0.148 e. The van der Waals surface area contributed by atoms with E-state index in [0.717, 1.165) is 5.75 Å². The molecule has 1 aromatic carbocycles. The van der Waals surface area contributed by atoms with Crippen molar-refractivity contribution in [3.8, 4) is 12.3 Å². The monoisotopic (exact) mass is 224 g/mol. The fourth-order valence-corrected chi connectivity index (χ4v) is 1.57. The third-order valence-electron chi connectivity index (χ3n) is 1.74. The molecule has 0 atom stereocenters. The summed E-state index contributed by atoms with van der Waals surface area (Å²) in [7, 11) is 0. The third kappa shape index (κ3) is 4.13. The van der Waals surface area contributed by atoms with Gasteiger partial charge < -0.3 is 11.1 Å². The summed E-state index contributed by atoms with van der Waals surface area (Å²) in [6, 6.07) is 4.60. The zero-order chi connectivity index (χ0) is 11.1. The smallest absolute Gasteiger partial charge is 0.148 e. The molecule has 0 aliphatic carbocycles. The lowest BCUT2D eigenvalue weighted by molar-refractivity contribution is 0.631. The first-order valence-corrected chi connectivity index (χ1v) is 5.69. The Morgan fingerprint density at radius 2 is 2.33 bits per heavy atom. The van der Waals surface area contributed by atoms with Crippen molar-refractivity contribution in [2.75, 3.05) is 29.1 Å². The molecule has 80 valence electrons. The van der Waals surface area contributed by atoms with E-state index >= 15 is 0 Å². The van der Waals surface area contributed by atoms with Crippen LogP contribution in [0, 0.1) is 18.2 Å². The molecule has 0 unspecified atom stereocenters. The van der Waals surface area contributed by atoms with Crippen molar-refractivity contribution in [2.45, 2.75) is 0 Å². The van der Waals surface area contributed by atoms with Crippen molar-refractivity contribution >= 4 is 23.1 Å². The molecule has 0 fully saturated rings. The summed E-state index contributed by atoms with van der Waals surface area (Å²) >= 11 is 1.64. The first-order valence-electron chi connectivity index (χ1n) is 4.54. The van der Waals surface area contributed by atoms with E-state index in [0.29, 0.717) is 23.7 Å². The van der Waals surface area contributed by atoms with Gasteiger partial charge in [-0.25, -0.2) is 4.39 Å². The molecule has 1 rings (SSSR count). The molecule has 0 saturated heterocycles. The van der Waals surface area contributed by atoms with E-state index in [2.05, 4.69) is 11.2 Å². The van der Waals surface area contributed by atoms with Gasteiger partial charge in [0, 0.05) is 18.0 Å². The Morgan fingerprint density at radius 3 is 3.00 bits per heavy atom. The average Bonchev–Trinajstić information content (AvgIpc) is 2.20. The third-order valence-corrected chi connectivity index (χ3v) is 2.60. The molecule has 2 nitrogen and oxygen atoms in total. The van der Waals surface area contributed by atoms with E-state index in [-0.39, 0.29) is 5.82 Å². The van der Waals surface area contributed by atoms with Crippen LogP contribution in [0.3, 0.4) is 0 Å². The highest BCUT2D eigenvalue weighted by Gasteiger charge is 2.00. The molecule has 15 heavy (non-hydrogen) atoms. The van der Waals surface area contributed by atoms with Gasteiger partial charge in [-0.1, -0.05) is 5.92 Å². The summed E-state index contributed by atoms with van der Waals surface area (Å²) in [5.41, 5.74) is 6.34. The van der Waals surface area contributed by atoms with Crippen LogP contribution in [-0.4, -0.2) is 18.1 Å². The maximum absolute atomic E-state index is 13.2. The molecule has 1 aromatic rings. The van der Waals surface area contributed by atoms with E-state index in [1.165, 1.54) is 6.07 Å². The van der Waals surface area contributed by atoms with Gasteiger partial charge in [0.2, 0.25) is 0 Å². The number of nitrogens with one attached hydrogen (secondary N) is 1. The highest BCUT2D eigenvalue weighted by Crippen LogP contribution is 2.16. The summed E-state index contributed by atoms with van der Waals surface area (Å²) in [6.07, 6.45) is 5.10. The van der Waals surface area contributed by atoms with Crippen molar-refractivity contribution < 1.29 is 4.39 Å². The summed E-state index contributed by atoms with van der Waals surface area (Å²) < 4.78 is 13.2. The quantitative estimate of drug-likeness (QED) is 0.457. The fraction of sp³-hybridized carbons (Fsp3) is 0.273. The molecule has 0 aliphatic rings. The fourth-order valence-electron chi connectivity index (χ4n) is 1.06. The van der Waals surface area contributed by atoms with E-state index in [1.807, 2.05) is 0 Å². The van der Waals surface area contributed by atoms with E-state index < -0.39 is 0 Å². The highest BCUT2D eigenvalue weighted by molar-refractivity contribution is 7.99. The van der Waals surface area contributed by atoms with Crippen LogP contribution in [0.1, 0.15) is 0 Å². The molecule has 3 N–H and O–H groups in total. The molecule has 0 aromatic heterocycles. The lowest BCUT2D eigenvalue weighted by Gasteiger charge is -2.07. The standard InChI is InChI=1S/C11H13FN2S/c1-2-6-15-7-5-14-11-4-3-9(13)8-10(11)12/h1,3-4,8,14H,5-7,13H2. The van der Waals surface area contributed by atoms with Gasteiger partial charge in [-0.05, 0) is 18.2 Å². The van der Waals surface area contributed by atoms with Crippen LogP contribution < -0.4 is 11.1 Å². The van der Waals surface area contributed by atoms with Gasteiger partial charge in [-0.15, -0.1) is 18.2 Å². The number of thioether (sulfide) groups is 1. The molecular formula is C11H13FN2S. The Balaban J connectivity index is 2.35. The van der Waals surface area contributed by atoms with Crippen molar-refractivity contribution in [3.63, 3.8) is 0 Å². The minimum Gasteiger partial charge on any atom is -0.399 e. The number of nitrogen functional groups attached to an aromatic ring is 1. The van der Waals surface area contributed by atoms with Crippen LogP contribution in [0.2, 0.25) is 0 Å². The normalized spacial score (nSPS) is 9.60. The van der Waals surface area contributed by atoms with Gasteiger partial charge in [-0.2, -0.15) is 0 Å². The summed E-state index contributed by atoms with van der Waals surface area (Å²) in [6.45, 7) is 0.688. The summed E-state index contributed by atoms with van der Waals surface area (Å²) in [4.78, 5) is 0. The first kappa shape index (κ1) is 11.7. The van der Waals surface area contributed by atoms with Crippen LogP contribution in [0.5, 0.6) is 0 Å². The SMILES string of the molecule is C#CCSCCNc1ccc(N)cc1F. The predicted octanol–water partition coefficient (Wildman–Crippen LogP) is 2.19. The van der Waals surface area contributed by atoms with E-state index in [1.54, 1.807) is 23.9 Å². The predicted molar refractivity (Wildman–Crippen MR) is 65.5 cm³/mol. The number of halogens is 1. The number of benzene rings is 1. The van der Waals surface area contributed by atoms with Crippen LogP contribution in [0.15, 0.2) is 18.2 Å². The highest BCUT2D eigenvalue weighted by atomic mass is 32.2. The van der Waals surface area contributed by atoms with Crippen LogP contribution in [0.25, 0.3) is 0 Å². The number of nitrogens with two attached hydrogens (primary N) is 1. The van der Waals surface area contributed by atoms with Gasteiger partial charge in [-0.3, -0.25) is 0 Å². The Morgan fingerprint density at radius 1 is 1.53 bits per heavy atom. The molecule has 0 bridgehead atoms. The number of terminal acetylenes is 1. The molecular weight excluding hydrogens is 211 g/mol. The minimum absolute atomic E-state index is 0.322. The Bertz CT molecular complexity index is 360. The lowest BCUT2D eigenvalue weighted by Crippen LogP contribution is -2.06. The molecule has 0 spiro atoms. The van der Waals surface area contributed by atoms with Crippen molar-refractivity contribution in [2.24, 2.45) is 0 Å². The van der Waals surface area contributed by atoms with Crippen molar-refractivity contribution in [1.82, 2.24) is 0 Å². The molecule has 0 aliphatic heterocycles. The molecule has 0 amide bonds. The molecule has 4 heteroatoms. The van der Waals surface area contributed by atoms with Gasteiger partial charge in [0.1, 0.15) is 5.82 Å². The van der Waals surface area contributed by atoms with E-state index in [9.17, 15) is 4.39 Å². The average molecular weight is 224 g/mol. The molecule has 0 heterocycles. The van der Waals surface area contributed by atoms with Crippen molar-refractivity contribution in [1.29, 1.82) is 0 Å². The van der Waals surface area contributed by atoms with Crippen LogP contribution in [0.4, 0.5) is 15.8 Å². The summed E-state index contributed by atoms with van der Waals surface area (Å²) in [5, 5.41) is 2.98. The largest absolute Gasteiger partial charge is 0.399 e. The van der Waals surface area contributed by atoms with Gasteiger partial charge in [0.05, 0.1) is 11.4 Å². The number of rotatable bonds is 5. The number of anilines is 2. The van der Waals surface area contributed by atoms with Crippen LogP contribution >= 0.6 is 11.8 Å². The van der Waals surface area contributed by atoms with E-state index in [4.69, 9.17) is 12.2 Å². The Hall–Kier alpha value is -1.34. The summed E-state index contributed by atoms with van der Waals surface area (Å²) in [5.74, 6) is 3.75. The second-order valence-corrected chi connectivity index (χ2v) is 4.03. The molecule has 0 radical (unpaired) electrons. The lowest BCUT2D eigenvalue weighted by atomic mass is 10.2. The number of hydrogen-bond acceptors (Lipinski definition) is 3. The minimum atomic E-state index is -0.322. The zero-order valence-electron chi connectivity index (χ0n) is 8.29. The first-order chi connectivity index (χ1) is 7.24. The number of hydrogen-bond donors (Lipinski definition) is 2. The Labute approximate surface area is 93.4 Å². The second kappa shape index (κ2) is 6.20. The Kier molecular flexibility index (Phi) is 4.85. The van der Waals surface area contributed by atoms with Gasteiger partial charge in [0.15, 0.2) is 0 Å². The maximum atomic E-state index is 13.2. The molecule has 0 saturated carbocycles. The van der Waals surface area contributed by atoms with Gasteiger partial charge >= 0.3 is 0 Å². The van der Waals surface area contributed by atoms with Gasteiger partial charge in [0.25, 0.3) is 0 Å².